The lowest BCUT2D eigenvalue weighted by molar-refractivity contribution is -0.143. The summed E-state index contributed by atoms with van der Waals surface area (Å²) in [6.45, 7) is 4.75. The van der Waals surface area contributed by atoms with Crippen LogP contribution in [0.3, 0.4) is 0 Å². The van der Waals surface area contributed by atoms with Gasteiger partial charge in [0, 0.05) is 44.9 Å². The smallest absolute Gasteiger partial charge is 0.330 e. The molecule has 2 heterocycles. The second kappa shape index (κ2) is 13.5. The zero-order valence-electron chi connectivity index (χ0n) is 25.2. The van der Waals surface area contributed by atoms with Crippen LogP contribution in [0, 0.1) is 11.8 Å². The summed E-state index contributed by atoms with van der Waals surface area (Å²) in [4.78, 5) is 38.4. The molecule has 1 unspecified atom stereocenters. The van der Waals surface area contributed by atoms with Gasteiger partial charge in [0.2, 0.25) is 0 Å². The van der Waals surface area contributed by atoms with E-state index in [-0.39, 0.29) is 36.4 Å². The number of aryl methyl sites for hydroxylation is 1. The van der Waals surface area contributed by atoms with E-state index in [0.29, 0.717) is 24.0 Å². The zero-order valence-corrected chi connectivity index (χ0v) is 25.2. The Morgan fingerprint density at radius 2 is 1.88 bits per heavy atom. The van der Waals surface area contributed by atoms with Gasteiger partial charge in [-0.05, 0) is 73.4 Å². The Labute approximate surface area is 251 Å². The van der Waals surface area contributed by atoms with E-state index in [1.54, 1.807) is 14.2 Å². The molecule has 0 amide bonds. The fourth-order valence-electron chi connectivity index (χ4n) is 6.19. The summed E-state index contributed by atoms with van der Waals surface area (Å²) >= 11 is 0. The number of hydrogen-bond acceptors (Lipinski definition) is 7. The third-order valence-corrected chi connectivity index (χ3v) is 8.86. The molecular weight excluding hydrogens is 550 g/mol. The minimum atomic E-state index is -0.684. The highest BCUT2D eigenvalue weighted by Gasteiger charge is 2.29. The van der Waals surface area contributed by atoms with Gasteiger partial charge in [-0.3, -0.25) is 19.1 Å². The van der Waals surface area contributed by atoms with Crippen LogP contribution in [0.25, 0.3) is 0 Å². The molecule has 0 radical (unpaired) electrons. The molecule has 43 heavy (non-hydrogen) atoms. The van der Waals surface area contributed by atoms with Gasteiger partial charge in [-0.15, -0.1) is 0 Å². The predicted octanol–water partition coefficient (Wildman–Crippen LogP) is 4.02. The van der Waals surface area contributed by atoms with Gasteiger partial charge in [-0.25, -0.2) is 4.79 Å². The monoisotopic (exact) mass is 591 g/mol. The number of carboxylic acid groups (broad SMARTS) is 1. The third-order valence-electron chi connectivity index (χ3n) is 8.86. The normalized spacial score (nSPS) is 18.6. The summed E-state index contributed by atoms with van der Waals surface area (Å²) in [5.74, 6) is 1.59. The van der Waals surface area contributed by atoms with E-state index in [2.05, 4.69) is 30.0 Å². The Morgan fingerprint density at radius 3 is 2.63 bits per heavy atom. The van der Waals surface area contributed by atoms with E-state index < -0.39 is 5.97 Å². The first-order chi connectivity index (χ1) is 20.7. The van der Waals surface area contributed by atoms with Crippen molar-refractivity contribution >= 4 is 5.97 Å². The molecule has 1 aliphatic carbocycles. The summed E-state index contributed by atoms with van der Waals surface area (Å²) in [7, 11) is 3.20. The number of carboxylic acids is 1. The van der Waals surface area contributed by atoms with Crippen LogP contribution in [0.2, 0.25) is 0 Å². The lowest BCUT2D eigenvalue weighted by atomic mass is 9.81. The molecule has 1 N–H and O–H groups in total. The van der Waals surface area contributed by atoms with E-state index in [1.807, 2.05) is 18.2 Å². The molecule has 2 aromatic carbocycles. The number of aliphatic carboxylic acids is 1. The van der Waals surface area contributed by atoms with E-state index >= 15 is 0 Å². The molecular formula is C33H41N3O7. The summed E-state index contributed by atoms with van der Waals surface area (Å²) in [6, 6.07) is 13.8. The van der Waals surface area contributed by atoms with E-state index in [4.69, 9.17) is 14.2 Å². The number of hydrogen-bond donors (Lipinski definition) is 1. The Kier molecular flexibility index (Phi) is 9.55. The van der Waals surface area contributed by atoms with Gasteiger partial charge in [-0.1, -0.05) is 18.2 Å². The van der Waals surface area contributed by atoms with Gasteiger partial charge in [0.1, 0.15) is 12.4 Å². The Bertz CT molecular complexity index is 1550. The number of methoxy groups -OCH3 is 1. The van der Waals surface area contributed by atoms with Crippen molar-refractivity contribution in [2.24, 2.45) is 18.9 Å². The van der Waals surface area contributed by atoms with Crippen molar-refractivity contribution in [3.8, 4) is 17.2 Å². The van der Waals surface area contributed by atoms with Crippen molar-refractivity contribution in [2.45, 2.75) is 58.2 Å². The SMILES string of the molecule is COc1cc(CN(C[C@H]2CC[C@H](C(=O)O)CC2)C(C)c2ccc3c(c2)CCO3)ccc1OCCn1c(=O)ccn(C)c1=O. The molecule has 10 nitrogen and oxygen atoms in total. The first-order valence-electron chi connectivity index (χ1n) is 15.0. The molecule has 1 atom stereocenters. The minimum Gasteiger partial charge on any atom is -0.493 e. The first-order valence-corrected chi connectivity index (χ1v) is 15.0. The number of benzene rings is 2. The van der Waals surface area contributed by atoms with Crippen molar-refractivity contribution in [1.82, 2.24) is 14.0 Å². The second-order valence-electron chi connectivity index (χ2n) is 11.7. The molecule has 0 bridgehead atoms. The maximum absolute atomic E-state index is 12.3. The predicted molar refractivity (Wildman–Crippen MR) is 162 cm³/mol. The van der Waals surface area contributed by atoms with Crippen molar-refractivity contribution < 1.29 is 24.1 Å². The van der Waals surface area contributed by atoms with Crippen LogP contribution in [0.15, 0.2) is 58.3 Å². The van der Waals surface area contributed by atoms with Crippen molar-refractivity contribution in [3.63, 3.8) is 0 Å². The zero-order chi connectivity index (χ0) is 30.5. The van der Waals surface area contributed by atoms with Crippen LogP contribution in [-0.2, 0) is 31.4 Å². The molecule has 230 valence electrons. The van der Waals surface area contributed by atoms with Gasteiger partial charge < -0.3 is 23.9 Å². The number of ether oxygens (including phenoxy) is 3. The van der Waals surface area contributed by atoms with Gasteiger partial charge >= 0.3 is 11.7 Å². The Hall–Kier alpha value is -4.05. The summed E-state index contributed by atoms with van der Waals surface area (Å²) in [5, 5.41) is 9.46. The van der Waals surface area contributed by atoms with Gasteiger partial charge in [0.25, 0.3) is 5.56 Å². The molecule has 0 saturated heterocycles. The van der Waals surface area contributed by atoms with Gasteiger partial charge in [0.05, 0.1) is 26.2 Å². The standard InChI is InChI=1S/C33H41N3O7/c1-22(26-9-11-28-27(19-26)13-16-42-28)35(20-23-4-7-25(8-5-23)32(38)39)21-24-6-10-29(30(18-24)41-3)43-17-15-36-31(37)12-14-34(2)33(36)40/h6,9-12,14,18-19,22-23,25H,4-5,7-8,13,15-17,20-21H2,1-3H3,(H,38,39)/t22?,23-,25-. The van der Waals surface area contributed by atoms with Crippen LogP contribution in [0.4, 0.5) is 0 Å². The van der Waals surface area contributed by atoms with E-state index in [9.17, 15) is 19.5 Å². The van der Waals surface area contributed by atoms with Crippen LogP contribution < -0.4 is 25.5 Å². The molecule has 1 fully saturated rings. The Morgan fingerprint density at radius 1 is 1.09 bits per heavy atom. The van der Waals surface area contributed by atoms with Crippen LogP contribution in [0.1, 0.15) is 55.3 Å². The highest BCUT2D eigenvalue weighted by atomic mass is 16.5. The average molecular weight is 592 g/mol. The first kappa shape index (κ1) is 30.4. The topological polar surface area (TPSA) is 112 Å². The van der Waals surface area contributed by atoms with E-state index in [0.717, 1.165) is 61.1 Å². The Balaban J connectivity index is 1.31. The van der Waals surface area contributed by atoms with Crippen molar-refractivity contribution in [1.29, 1.82) is 0 Å². The number of carbonyl (C=O) groups is 1. The van der Waals surface area contributed by atoms with Crippen LogP contribution in [0.5, 0.6) is 17.2 Å². The van der Waals surface area contributed by atoms with Gasteiger partial charge in [0.15, 0.2) is 11.5 Å². The number of aromatic nitrogens is 2. The van der Waals surface area contributed by atoms with Crippen molar-refractivity contribution in [2.75, 3.05) is 26.9 Å². The quantitative estimate of drug-likeness (QED) is 0.336. The van der Waals surface area contributed by atoms with Gasteiger partial charge in [-0.2, -0.15) is 0 Å². The van der Waals surface area contributed by atoms with Crippen LogP contribution >= 0.6 is 0 Å². The molecule has 0 spiro atoms. The fraction of sp³-hybridized carbons (Fsp3) is 0.485. The maximum atomic E-state index is 12.3. The molecule has 1 saturated carbocycles. The summed E-state index contributed by atoms with van der Waals surface area (Å²) in [6.07, 6.45) is 5.62. The molecule has 1 aromatic heterocycles. The third kappa shape index (κ3) is 7.13. The molecule has 10 heteroatoms. The highest BCUT2D eigenvalue weighted by molar-refractivity contribution is 5.70. The summed E-state index contributed by atoms with van der Waals surface area (Å²) < 4.78 is 19.8. The number of fused-ring (bicyclic) bond motifs is 1. The minimum absolute atomic E-state index is 0.123. The number of rotatable bonds is 12. The second-order valence-corrected chi connectivity index (χ2v) is 11.7. The fourth-order valence-corrected chi connectivity index (χ4v) is 6.19. The molecule has 1 aliphatic heterocycles. The average Bonchev–Trinajstić information content (AvgIpc) is 3.49. The molecule has 2 aliphatic rings. The molecule has 5 rings (SSSR count). The largest absolute Gasteiger partial charge is 0.493 e. The van der Waals surface area contributed by atoms with Crippen LogP contribution in [-0.4, -0.2) is 52.0 Å². The lowest BCUT2D eigenvalue weighted by Crippen LogP contribution is -2.39. The number of nitrogens with zero attached hydrogens (tertiary/aromatic N) is 3. The van der Waals surface area contributed by atoms with E-state index in [1.165, 1.54) is 28.0 Å². The summed E-state index contributed by atoms with van der Waals surface area (Å²) in [5.41, 5.74) is 2.78. The molecule has 3 aromatic rings. The lowest BCUT2D eigenvalue weighted by Gasteiger charge is -2.35. The highest BCUT2D eigenvalue weighted by Crippen LogP contribution is 2.35. The maximum Gasteiger partial charge on any atom is 0.330 e. The van der Waals surface area contributed by atoms with Crippen molar-refractivity contribution in [3.05, 3.63) is 86.2 Å².